The summed E-state index contributed by atoms with van der Waals surface area (Å²) in [7, 11) is 0. The number of carboxylic acids is 1. The predicted octanol–water partition coefficient (Wildman–Crippen LogP) is 3.32. The molecule has 0 bridgehead atoms. The Morgan fingerprint density at radius 1 is 1.28 bits per heavy atom. The molecule has 0 heterocycles. The van der Waals surface area contributed by atoms with E-state index in [-0.39, 0.29) is 11.3 Å². The van der Waals surface area contributed by atoms with E-state index < -0.39 is 5.97 Å². The second-order valence-corrected chi connectivity index (χ2v) is 4.29. The lowest BCUT2D eigenvalue weighted by Crippen LogP contribution is -2.06. The van der Waals surface area contributed by atoms with Gasteiger partial charge in [-0.2, -0.15) is 0 Å². The molecule has 4 nitrogen and oxygen atoms in total. The molecule has 1 aromatic carbocycles. The van der Waals surface area contributed by atoms with E-state index in [4.69, 9.17) is 15.6 Å². The average molecular weight is 251 g/mol. The number of nitrogens with two attached hydrogens (primary N) is 1. The maximum atomic E-state index is 10.9. The molecule has 0 aliphatic heterocycles. The van der Waals surface area contributed by atoms with Crippen LogP contribution in [0.1, 0.15) is 49.4 Å². The van der Waals surface area contributed by atoms with Gasteiger partial charge in [0.15, 0.2) is 0 Å². The number of anilines is 1. The Hall–Kier alpha value is -1.71. The third-order valence-corrected chi connectivity index (χ3v) is 2.80. The second-order valence-electron chi connectivity index (χ2n) is 4.29. The molecule has 0 radical (unpaired) electrons. The van der Waals surface area contributed by atoms with Crippen LogP contribution in [0, 0.1) is 0 Å². The Labute approximate surface area is 108 Å². The van der Waals surface area contributed by atoms with Gasteiger partial charge in [-0.3, -0.25) is 0 Å². The number of hydrogen-bond acceptors (Lipinski definition) is 3. The Bertz CT molecular complexity index is 391. The monoisotopic (exact) mass is 251 g/mol. The van der Waals surface area contributed by atoms with Gasteiger partial charge in [-0.15, -0.1) is 0 Å². The minimum Gasteiger partial charge on any atom is -0.491 e. The van der Waals surface area contributed by atoms with Crippen molar-refractivity contribution in [3.05, 3.63) is 23.8 Å². The van der Waals surface area contributed by atoms with Gasteiger partial charge in [-0.1, -0.05) is 38.7 Å². The molecule has 18 heavy (non-hydrogen) atoms. The van der Waals surface area contributed by atoms with E-state index in [1.54, 1.807) is 12.1 Å². The van der Waals surface area contributed by atoms with Gasteiger partial charge in [0, 0.05) is 0 Å². The van der Waals surface area contributed by atoms with Crippen LogP contribution < -0.4 is 10.5 Å². The number of carboxylic acid groups (broad SMARTS) is 1. The quantitative estimate of drug-likeness (QED) is 0.549. The summed E-state index contributed by atoms with van der Waals surface area (Å²) in [4.78, 5) is 10.9. The molecule has 0 saturated heterocycles. The molecule has 4 heteroatoms. The maximum Gasteiger partial charge on any atom is 0.337 e. The minimum absolute atomic E-state index is 0.0958. The number of ether oxygens (including phenoxy) is 1. The molecular formula is C14H21NO3. The molecule has 1 rings (SSSR count). The molecule has 0 spiro atoms. The van der Waals surface area contributed by atoms with Gasteiger partial charge < -0.3 is 15.6 Å². The zero-order valence-electron chi connectivity index (χ0n) is 10.8. The first-order chi connectivity index (χ1) is 8.66. The highest BCUT2D eigenvalue weighted by Gasteiger charge is 2.11. The number of rotatable bonds is 8. The number of carbonyl (C=O) groups is 1. The van der Waals surface area contributed by atoms with E-state index in [2.05, 4.69) is 6.92 Å². The Morgan fingerprint density at radius 3 is 2.67 bits per heavy atom. The molecule has 0 unspecified atom stereocenters. The number of aromatic carboxylic acids is 1. The third kappa shape index (κ3) is 4.28. The molecule has 0 aromatic heterocycles. The zero-order chi connectivity index (χ0) is 13.4. The Balaban J connectivity index is 2.43. The summed E-state index contributed by atoms with van der Waals surface area (Å²) in [6.07, 6.45) is 5.78. The van der Waals surface area contributed by atoms with Gasteiger partial charge in [0.25, 0.3) is 0 Å². The van der Waals surface area contributed by atoms with Gasteiger partial charge in [0.05, 0.1) is 17.9 Å². The van der Waals surface area contributed by atoms with Crippen LogP contribution in [0.5, 0.6) is 5.75 Å². The van der Waals surface area contributed by atoms with E-state index in [0.29, 0.717) is 12.4 Å². The van der Waals surface area contributed by atoms with E-state index in [0.717, 1.165) is 12.8 Å². The van der Waals surface area contributed by atoms with Crippen molar-refractivity contribution < 1.29 is 14.6 Å². The van der Waals surface area contributed by atoms with Crippen LogP contribution in [-0.2, 0) is 0 Å². The zero-order valence-corrected chi connectivity index (χ0v) is 10.8. The van der Waals surface area contributed by atoms with Crippen molar-refractivity contribution in [1.82, 2.24) is 0 Å². The molecule has 100 valence electrons. The second kappa shape index (κ2) is 7.58. The van der Waals surface area contributed by atoms with Crippen LogP contribution in [0.15, 0.2) is 18.2 Å². The van der Waals surface area contributed by atoms with Gasteiger partial charge in [0.2, 0.25) is 0 Å². The Morgan fingerprint density at radius 2 is 2.00 bits per heavy atom. The van der Waals surface area contributed by atoms with E-state index in [9.17, 15) is 4.79 Å². The molecule has 0 fully saturated rings. The van der Waals surface area contributed by atoms with Crippen molar-refractivity contribution in [2.45, 2.75) is 39.0 Å². The van der Waals surface area contributed by atoms with Gasteiger partial charge in [-0.25, -0.2) is 4.79 Å². The van der Waals surface area contributed by atoms with Crippen molar-refractivity contribution in [2.75, 3.05) is 12.3 Å². The first-order valence-corrected chi connectivity index (χ1v) is 6.41. The molecule has 0 atom stereocenters. The molecule has 1 aromatic rings. The number of benzene rings is 1. The summed E-state index contributed by atoms with van der Waals surface area (Å²) in [6, 6.07) is 4.83. The molecule has 0 amide bonds. The van der Waals surface area contributed by atoms with Crippen molar-refractivity contribution in [2.24, 2.45) is 0 Å². The SMILES string of the molecule is CCCCCCCOc1cccc(C(=O)O)c1N. The number of unbranched alkanes of at least 4 members (excludes halogenated alkanes) is 4. The first-order valence-electron chi connectivity index (χ1n) is 6.41. The summed E-state index contributed by atoms with van der Waals surface area (Å²) in [6.45, 7) is 2.76. The first kappa shape index (κ1) is 14.4. The van der Waals surface area contributed by atoms with Crippen molar-refractivity contribution in [3.8, 4) is 5.75 Å². The fourth-order valence-electron chi connectivity index (χ4n) is 1.74. The van der Waals surface area contributed by atoms with Crippen molar-refractivity contribution in [3.63, 3.8) is 0 Å². The summed E-state index contributed by atoms with van der Waals surface area (Å²) in [5.41, 5.74) is 6.04. The largest absolute Gasteiger partial charge is 0.491 e. The summed E-state index contributed by atoms with van der Waals surface area (Å²) in [5, 5.41) is 8.92. The average Bonchev–Trinajstić information content (AvgIpc) is 2.35. The lowest BCUT2D eigenvalue weighted by Gasteiger charge is -2.10. The highest BCUT2D eigenvalue weighted by molar-refractivity contribution is 5.95. The topological polar surface area (TPSA) is 72.5 Å². The highest BCUT2D eigenvalue weighted by atomic mass is 16.5. The minimum atomic E-state index is -1.03. The molecule has 0 saturated carbocycles. The van der Waals surface area contributed by atoms with Crippen LogP contribution in [0.25, 0.3) is 0 Å². The maximum absolute atomic E-state index is 10.9. The molecular weight excluding hydrogens is 230 g/mol. The third-order valence-electron chi connectivity index (χ3n) is 2.80. The standard InChI is InChI=1S/C14H21NO3/c1-2-3-4-5-6-10-18-12-9-7-8-11(13(12)15)14(16)17/h7-9H,2-6,10,15H2,1H3,(H,16,17). The number of nitrogen functional groups attached to an aromatic ring is 1. The van der Waals surface area contributed by atoms with Crippen LogP contribution >= 0.6 is 0 Å². The summed E-state index contributed by atoms with van der Waals surface area (Å²) in [5.74, 6) is -0.564. The predicted molar refractivity (Wildman–Crippen MR) is 72.1 cm³/mol. The smallest absolute Gasteiger partial charge is 0.337 e. The summed E-state index contributed by atoms with van der Waals surface area (Å²) < 4.78 is 5.52. The Kier molecular flexibility index (Phi) is 6.05. The van der Waals surface area contributed by atoms with Crippen LogP contribution in [0.2, 0.25) is 0 Å². The highest BCUT2D eigenvalue weighted by Crippen LogP contribution is 2.25. The van der Waals surface area contributed by atoms with E-state index >= 15 is 0 Å². The van der Waals surface area contributed by atoms with Crippen LogP contribution in [0.3, 0.4) is 0 Å². The van der Waals surface area contributed by atoms with Crippen molar-refractivity contribution in [1.29, 1.82) is 0 Å². The fourth-order valence-corrected chi connectivity index (χ4v) is 1.74. The number of para-hydroxylation sites is 1. The van der Waals surface area contributed by atoms with Gasteiger partial charge in [0.1, 0.15) is 5.75 Å². The number of hydrogen-bond donors (Lipinski definition) is 2. The lowest BCUT2D eigenvalue weighted by atomic mass is 10.1. The van der Waals surface area contributed by atoms with Crippen LogP contribution in [-0.4, -0.2) is 17.7 Å². The van der Waals surface area contributed by atoms with E-state index in [1.807, 2.05) is 0 Å². The molecule has 3 N–H and O–H groups in total. The van der Waals surface area contributed by atoms with Crippen molar-refractivity contribution >= 4 is 11.7 Å². The fraction of sp³-hybridized carbons (Fsp3) is 0.500. The summed E-state index contributed by atoms with van der Waals surface area (Å²) >= 11 is 0. The lowest BCUT2D eigenvalue weighted by molar-refractivity contribution is 0.0697. The normalized spacial score (nSPS) is 10.3. The van der Waals surface area contributed by atoms with Gasteiger partial charge >= 0.3 is 5.97 Å². The molecule has 0 aliphatic rings. The molecule has 0 aliphatic carbocycles. The van der Waals surface area contributed by atoms with Gasteiger partial charge in [-0.05, 0) is 18.6 Å². The van der Waals surface area contributed by atoms with E-state index in [1.165, 1.54) is 25.3 Å². The van der Waals surface area contributed by atoms with Crippen LogP contribution in [0.4, 0.5) is 5.69 Å².